The Morgan fingerprint density at radius 3 is 2.70 bits per heavy atom. The number of aliphatic imine (C=N–C) groups is 1. The summed E-state index contributed by atoms with van der Waals surface area (Å²) in [6, 6.07) is 9.73. The molecule has 0 spiro atoms. The van der Waals surface area contributed by atoms with Gasteiger partial charge in [-0.15, -0.1) is 0 Å². The number of nitrogens with zero attached hydrogens (tertiary/aromatic N) is 4. The maximum absolute atomic E-state index is 5.92. The van der Waals surface area contributed by atoms with Crippen molar-refractivity contribution in [2.45, 2.75) is 0 Å². The zero-order chi connectivity index (χ0) is 13.8. The van der Waals surface area contributed by atoms with E-state index in [2.05, 4.69) is 15.1 Å². The van der Waals surface area contributed by atoms with Crippen LogP contribution in [-0.2, 0) is 4.74 Å². The Balaban J connectivity index is 1.76. The van der Waals surface area contributed by atoms with E-state index in [1.54, 1.807) is 0 Å². The minimum absolute atomic E-state index is 0.160. The van der Waals surface area contributed by atoms with E-state index < -0.39 is 0 Å². The van der Waals surface area contributed by atoms with Crippen LogP contribution in [0.5, 0.6) is 0 Å². The molecular weight excluding hydrogens is 258 g/mol. The molecule has 20 heavy (non-hydrogen) atoms. The third kappa shape index (κ3) is 2.77. The molecule has 0 amide bonds. The SMILES string of the molecule is NC(=Nc1nc(-c2ccccc2)no1)N1CCOCC1. The van der Waals surface area contributed by atoms with Crippen LogP contribution in [-0.4, -0.2) is 47.3 Å². The average Bonchev–Trinajstić information content (AvgIpc) is 2.97. The fraction of sp³-hybridized carbons (Fsp3) is 0.308. The molecule has 0 atom stereocenters. The second-order valence-electron chi connectivity index (χ2n) is 4.34. The monoisotopic (exact) mass is 273 g/mol. The first kappa shape index (κ1) is 12.6. The molecule has 1 saturated heterocycles. The summed E-state index contributed by atoms with van der Waals surface area (Å²) in [5.74, 6) is 0.871. The molecule has 1 aliphatic heterocycles. The third-order valence-corrected chi connectivity index (χ3v) is 2.99. The van der Waals surface area contributed by atoms with Crippen molar-refractivity contribution in [3.8, 4) is 11.4 Å². The Bertz CT molecular complexity index is 590. The first-order valence-corrected chi connectivity index (χ1v) is 6.39. The smallest absolute Gasteiger partial charge is 0.351 e. The predicted molar refractivity (Wildman–Crippen MR) is 73.4 cm³/mol. The topological polar surface area (TPSA) is 89.8 Å². The lowest BCUT2D eigenvalue weighted by Crippen LogP contribution is -2.44. The van der Waals surface area contributed by atoms with Crippen LogP contribution in [0.25, 0.3) is 11.4 Å². The molecule has 2 N–H and O–H groups in total. The molecule has 0 radical (unpaired) electrons. The summed E-state index contributed by atoms with van der Waals surface area (Å²) in [5, 5.41) is 3.89. The molecule has 7 nitrogen and oxygen atoms in total. The Labute approximate surface area is 116 Å². The maximum Gasteiger partial charge on any atom is 0.351 e. The van der Waals surface area contributed by atoms with Crippen LogP contribution in [0.1, 0.15) is 0 Å². The molecule has 1 aromatic heterocycles. The highest BCUT2D eigenvalue weighted by molar-refractivity contribution is 5.80. The van der Waals surface area contributed by atoms with Crippen LogP contribution in [0, 0.1) is 0 Å². The summed E-state index contributed by atoms with van der Waals surface area (Å²) in [6.45, 7) is 2.73. The number of hydrogen-bond donors (Lipinski definition) is 1. The van der Waals surface area contributed by atoms with E-state index in [1.807, 2.05) is 35.2 Å². The Morgan fingerprint density at radius 2 is 1.95 bits per heavy atom. The van der Waals surface area contributed by atoms with Gasteiger partial charge in [0.25, 0.3) is 0 Å². The summed E-state index contributed by atoms with van der Waals surface area (Å²) in [6.07, 6.45) is 0. The van der Waals surface area contributed by atoms with Gasteiger partial charge in [-0.1, -0.05) is 35.5 Å². The molecule has 1 aromatic carbocycles. The van der Waals surface area contributed by atoms with E-state index in [0.29, 0.717) is 25.0 Å². The first-order valence-electron chi connectivity index (χ1n) is 6.39. The van der Waals surface area contributed by atoms with E-state index in [0.717, 1.165) is 18.7 Å². The first-order chi connectivity index (χ1) is 9.83. The highest BCUT2D eigenvalue weighted by Crippen LogP contribution is 2.18. The van der Waals surface area contributed by atoms with Crippen molar-refractivity contribution in [1.29, 1.82) is 0 Å². The molecule has 0 aliphatic carbocycles. The van der Waals surface area contributed by atoms with Gasteiger partial charge in [-0.05, 0) is 0 Å². The van der Waals surface area contributed by atoms with Gasteiger partial charge in [0, 0.05) is 18.7 Å². The number of guanidine groups is 1. The number of rotatable bonds is 2. The van der Waals surface area contributed by atoms with Crippen LogP contribution in [0.15, 0.2) is 39.8 Å². The minimum atomic E-state index is 0.160. The highest BCUT2D eigenvalue weighted by atomic mass is 16.5. The average molecular weight is 273 g/mol. The van der Waals surface area contributed by atoms with Crippen molar-refractivity contribution in [3.05, 3.63) is 30.3 Å². The number of nitrogens with two attached hydrogens (primary N) is 1. The predicted octanol–water partition coefficient (Wildman–Crippen LogP) is 1.01. The lowest BCUT2D eigenvalue weighted by atomic mass is 10.2. The van der Waals surface area contributed by atoms with Gasteiger partial charge in [0.2, 0.25) is 11.8 Å². The molecule has 0 unspecified atom stereocenters. The van der Waals surface area contributed by atoms with Gasteiger partial charge in [-0.25, -0.2) is 0 Å². The molecular formula is C13H15N5O2. The summed E-state index contributed by atoms with van der Waals surface area (Å²) in [7, 11) is 0. The summed E-state index contributed by atoms with van der Waals surface area (Å²) in [4.78, 5) is 10.3. The second kappa shape index (κ2) is 5.70. The number of morpholine rings is 1. The van der Waals surface area contributed by atoms with E-state index in [4.69, 9.17) is 15.0 Å². The molecule has 0 bridgehead atoms. The Morgan fingerprint density at radius 1 is 1.20 bits per heavy atom. The van der Waals surface area contributed by atoms with Crippen molar-refractivity contribution in [2.75, 3.05) is 26.3 Å². The standard InChI is InChI=1S/C13H15N5O2/c14-12(18-6-8-19-9-7-18)16-13-15-11(17-20-13)10-4-2-1-3-5-10/h1-5H,6-9H2,(H2,14,15,16,17). The van der Waals surface area contributed by atoms with Gasteiger partial charge in [-0.3, -0.25) is 0 Å². The van der Waals surface area contributed by atoms with Crippen LogP contribution >= 0.6 is 0 Å². The zero-order valence-electron chi connectivity index (χ0n) is 10.9. The summed E-state index contributed by atoms with van der Waals surface area (Å²) >= 11 is 0. The fourth-order valence-electron chi connectivity index (χ4n) is 1.93. The van der Waals surface area contributed by atoms with Gasteiger partial charge < -0.3 is 19.9 Å². The van der Waals surface area contributed by atoms with Gasteiger partial charge in [-0.2, -0.15) is 9.98 Å². The van der Waals surface area contributed by atoms with Crippen LogP contribution in [0.3, 0.4) is 0 Å². The Kier molecular flexibility index (Phi) is 3.60. The molecule has 3 rings (SSSR count). The third-order valence-electron chi connectivity index (χ3n) is 2.99. The van der Waals surface area contributed by atoms with Gasteiger partial charge in [0.15, 0.2) is 0 Å². The minimum Gasteiger partial charge on any atom is -0.378 e. The Hall–Kier alpha value is -2.41. The van der Waals surface area contributed by atoms with Crippen LogP contribution < -0.4 is 5.73 Å². The molecule has 1 fully saturated rings. The number of aromatic nitrogens is 2. The molecule has 7 heteroatoms. The van der Waals surface area contributed by atoms with Crippen LogP contribution in [0.2, 0.25) is 0 Å². The number of benzene rings is 1. The molecule has 1 aliphatic rings. The molecule has 2 heterocycles. The lowest BCUT2D eigenvalue weighted by molar-refractivity contribution is 0.0675. The largest absolute Gasteiger partial charge is 0.378 e. The van der Waals surface area contributed by atoms with Crippen molar-refractivity contribution < 1.29 is 9.26 Å². The van der Waals surface area contributed by atoms with Crippen molar-refractivity contribution in [2.24, 2.45) is 10.7 Å². The van der Waals surface area contributed by atoms with E-state index in [-0.39, 0.29) is 6.01 Å². The lowest BCUT2D eigenvalue weighted by Gasteiger charge is -2.27. The second-order valence-corrected chi connectivity index (χ2v) is 4.34. The van der Waals surface area contributed by atoms with Crippen molar-refractivity contribution in [1.82, 2.24) is 15.0 Å². The van der Waals surface area contributed by atoms with E-state index >= 15 is 0 Å². The molecule has 104 valence electrons. The zero-order valence-corrected chi connectivity index (χ0v) is 10.9. The van der Waals surface area contributed by atoms with Crippen molar-refractivity contribution in [3.63, 3.8) is 0 Å². The van der Waals surface area contributed by atoms with Crippen LogP contribution in [0.4, 0.5) is 6.01 Å². The van der Waals surface area contributed by atoms with E-state index in [9.17, 15) is 0 Å². The fourth-order valence-corrected chi connectivity index (χ4v) is 1.93. The van der Waals surface area contributed by atoms with Gasteiger partial charge >= 0.3 is 6.01 Å². The quantitative estimate of drug-likeness (QED) is 0.649. The highest BCUT2D eigenvalue weighted by Gasteiger charge is 2.14. The van der Waals surface area contributed by atoms with Crippen molar-refractivity contribution >= 4 is 12.0 Å². The number of hydrogen-bond acceptors (Lipinski definition) is 5. The number of ether oxygens (including phenoxy) is 1. The van der Waals surface area contributed by atoms with Gasteiger partial charge in [0.1, 0.15) is 0 Å². The van der Waals surface area contributed by atoms with E-state index in [1.165, 1.54) is 0 Å². The normalized spacial score (nSPS) is 16.4. The summed E-state index contributed by atoms with van der Waals surface area (Å²) < 4.78 is 10.4. The molecule has 0 saturated carbocycles. The van der Waals surface area contributed by atoms with Gasteiger partial charge in [0.05, 0.1) is 13.2 Å². The molecule has 2 aromatic rings. The summed E-state index contributed by atoms with van der Waals surface area (Å²) in [5.41, 5.74) is 6.80. The maximum atomic E-state index is 5.92.